The molecule has 3 rings (SSSR count). The molecule has 120 valence electrons. The summed E-state index contributed by atoms with van der Waals surface area (Å²) in [6.45, 7) is 4.75. The molecule has 0 aliphatic carbocycles. The minimum Gasteiger partial charge on any atom is -0.462 e. The molecule has 0 bridgehead atoms. The van der Waals surface area contributed by atoms with Gasteiger partial charge in [0.15, 0.2) is 5.79 Å². The molecule has 3 fully saturated rings. The van der Waals surface area contributed by atoms with Crippen LogP contribution in [0.3, 0.4) is 0 Å². The van der Waals surface area contributed by atoms with Gasteiger partial charge in [-0.2, -0.15) is 0 Å². The summed E-state index contributed by atoms with van der Waals surface area (Å²) in [5, 5.41) is 10.1. The second-order valence-corrected chi connectivity index (χ2v) is 6.11. The fourth-order valence-electron chi connectivity index (χ4n) is 3.93. The molecule has 3 aliphatic heterocycles. The molecule has 0 unspecified atom stereocenters. The molecular formula is C15H24O6. The first kappa shape index (κ1) is 15.2. The van der Waals surface area contributed by atoms with E-state index in [0.29, 0.717) is 13.0 Å². The average Bonchev–Trinajstić information content (AvgIpc) is 3.03. The summed E-state index contributed by atoms with van der Waals surface area (Å²) >= 11 is 0. The summed E-state index contributed by atoms with van der Waals surface area (Å²) in [6, 6.07) is 0. The van der Waals surface area contributed by atoms with Crippen molar-refractivity contribution in [1.29, 1.82) is 0 Å². The molecule has 0 radical (unpaired) electrons. The highest BCUT2D eigenvalue weighted by atomic mass is 16.7. The molecule has 0 saturated carbocycles. The number of aliphatic hydroxyl groups excluding tert-OH is 1. The van der Waals surface area contributed by atoms with Crippen LogP contribution in [-0.4, -0.2) is 54.5 Å². The maximum Gasteiger partial charge on any atom is 0.317 e. The van der Waals surface area contributed by atoms with Gasteiger partial charge in [0.05, 0.1) is 6.61 Å². The molecule has 0 aromatic rings. The van der Waals surface area contributed by atoms with Crippen molar-refractivity contribution < 1.29 is 28.8 Å². The van der Waals surface area contributed by atoms with E-state index >= 15 is 0 Å². The van der Waals surface area contributed by atoms with Gasteiger partial charge in [-0.3, -0.25) is 4.79 Å². The van der Waals surface area contributed by atoms with E-state index < -0.39 is 29.5 Å². The van der Waals surface area contributed by atoms with Crippen LogP contribution in [0.2, 0.25) is 0 Å². The lowest BCUT2D eigenvalue weighted by Crippen LogP contribution is -2.48. The lowest BCUT2D eigenvalue weighted by atomic mass is 9.81. The summed E-state index contributed by atoms with van der Waals surface area (Å²) in [7, 11) is 0. The predicted molar refractivity (Wildman–Crippen MR) is 72.5 cm³/mol. The van der Waals surface area contributed by atoms with Gasteiger partial charge in [0.25, 0.3) is 0 Å². The number of cyclic esters (lactones) is 1. The lowest BCUT2D eigenvalue weighted by Gasteiger charge is -2.33. The molecule has 0 aromatic carbocycles. The second kappa shape index (κ2) is 5.50. The largest absolute Gasteiger partial charge is 0.462 e. The Labute approximate surface area is 124 Å². The molecule has 0 amide bonds. The van der Waals surface area contributed by atoms with Crippen LogP contribution in [0.5, 0.6) is 0 Å². The van der Waals surface area contributed by atoms with Gasteiger partial charge in [0, 0.05) is 13.0 Å². The SMILES string of the molecule is CCCCC[C@@]1(OCC)O[C@H]2[C@H](O)CO[C@]23COC(=O)[C@H]13. The molecule has 0 aromatic heterocycles. The maximum absolute atomic E-state index is 12.3. The summed E-state index contributed by atoms with van der Waals surface area (Å²) in [4.78, 5) is 12.3. The van der Waals surface area contributed by atoms with E-state index in [1.807, 2.05) is 6.92 Å². The van der Waals surface area contributed by atoms with Gasteiger partial charge in [-0.05, 0) is 13.3 Å². The van der Waals surface area contributed by atoms with Crippen molar-refractivity contribution >= 4 is 5.97 Å². The first-order chi connectivity index (χ1) is 10.1. The van der Waals surface area contributed by atoms with Crippen molar-refractivity contribution in [1.82, 2.24) is 0 Å². The van der Waals surface area contributed by atoms with E-state index in [2.05, 4.69) is 6.92 Å². The fourth-order valence-corrected chi connectivity index (χ4v) is 3.93. The van der Waals surface area contributed by atoms with Crippen molar-refractivity contribution in [3.05, 3.63) is 0 Å². The van der Waals surface area contributed by atoms with Crippen LogP contribution in [0.4, 0.5) is 0 Å². The zero-order chi connectivity index (χ0) is 15.1. The van der Waals surface area contributed by atoms with E-state index in [0.717, 1.165) is 19.3 Å². The molecule has 6 nitrogen and oxygen atoms in total. The summed E-state index contributed by atoms with van der Waals surface area (Å²) in [6.07, 6.45) is 2.34. The molecule has 6 heteroatoms. The highest BCUT2D eigenvalue weighted by molar-refractivity contribution is 5.78. The Kier molecular flexibility index (Phi) is 3.98. The summed E-state index contributed by atoms with van der Waals surface area (Å²) in [5.41, 5.74) is -0.877. The number of hydrogen-bond acceptors (Lipinski definition) is 6. The predicted octanol–water partition coefficient (Wildman–Crippen LogP) is 1.00. The third kappa shape index (κ3) is 2.11. The van der Waals surface area contributed by atoms with E-state index in [-0.39, 0.29) is 19.2 Å². The number of aliphatic hydroxyl groups is 1. The molecule has 1 N–H and O–H groups in total. The number of hydrogen-bond donors (Lipinski definition) is 1. The van der Waals surface area contributed by atoms with Crippen LogP contribution in [0.25, 0.3) is 0 Å². The fraction of sp³-hybridized carbons (Fsp3) is 0.933. The Balaban J connectivity index is 1.91. The third-order valence-corrected chi connectivity index (χ3v) is 4.80. The van der Waals surface area contributed by atoms with Crippen molar-refractivity contribution in [2.45, 2.75) is 63.1 Å². The van der Waals surface area contributed by atoms with Gasteiger partial charge in [0.1, 0.15) is 30.3 Å². The zero-order valence-corrected chi connectivity index (χ0v) is 12.7. The van der Waals surface area contributed by atoms with E-state index in [4.69, 9.17) is 18.9 Å². The lowest BCUT2D eigenvalue weighted by molar-refractivity contribution is -0.257. The number of rotatable bonds is 6. The standard InChI is InChI=1S/C15H24O6/c1-3-5-6-7-15(19-4-2)11-13(17)18-9-14(11)12(21-15)10(16)8-20-14/h10-12,16H,3-9H2,1-2H3/t10-,11+,12+,14+,15-/m1/s1. The molecule has 5 atom stereocenters. The number of ether oxygens (including phenoxy) is 4. The smallest absolute Gasteiger partial charge is 0.317 e. The Morgan fingerprint density at radius 3 is 2.90 bits per heavy atom. The highest BCUT2D eigenvalue weighted by Gasteiger charge is 2.75. The summed E-state index contributed by atoms with van der Waals surface area (Å²) < 4.78 is 23.0. The average molecular weight is 300 g/mol. The first-order valence-electron chi connectivity index (χ1n) is 7.90. The Hall–Kier alpha value is -0.690. The Morgan fingerprint density at radius 1 is 1.38 bits per heavy atom. The monoisotopic (exact) mass is 300 g/mol. The number of unbranched alkanes of at least 4 members (excludes halogenated alkanes) is 2. The van der Waals surface area contributed by atoms with E-state index in [9.17, 15) is 9.90 Å². The van der Waals surface area contributed by atoms with Crippen LogP contribution in [0.15, 0.2) is 0 Å². The molecule has 1 spiro atoms. The van der Waals surface area contributed by atoms with Gasteiger partial charge >= 0.3 is 5.97 Å². The second-order valence-electron chi connectivity index (χ2n) is 6.11. The zero-order valence-electron chi connectivity index (χ0n) is 12.7. The molecule has 3 aliphatic rings. The van der Waals surface area contributed by atoms with Crippen LogP contribution in [0.1, 0.15) is 39.5 Å². The third-order valence-electron chi connectivity index (χ3n) is 4.80. The minimum atomic E-state index is -1.02. The van der Waals surface area contributed by atoms with Crippen LogP contribution in [0, 0.1) is 5.92 Å². The van der Waals surface area contributed by atoms with Gasteiger partial charge in [0.2, 0.25) is 0 Å². The Morgan fingerprint density at radius 2 is 2.19 bits per heavy atom. The van der Waals surface area contributed by atoms with Gasteiger partial charge in [-0.25, -0.2) is 0 Å². The topological polar surface area (TPSA) is 74.2 Å². The first-order valence-corrected chi connectivity index (χ1v) is 7.90. The van der Waals surface area contributed by atoms with Crippen LogP contribution >= 0.6 is 0 Å². The minimum absolute atomic E-state index is 0.140. The maximum atomic E-state index is 12.3. The summed E-state index contributed by atoms with van der Waals surface area (Å²) in [5.74, 6) is -1.97. The van der Waals surface area contributed by atoms with Crippen LogP contribution < -0.4 is 0 Å². The van der Waals surface area contributed by atoms with Crippen molar-refractivity contribution in [2.75, 3.05) is 19.8 Å². The number of esters is 1. The quantitative estimate of drug-likeness (QED) is 0.583. The van der Waals surface area contributed by atoms with Gasteiger partial charge in [-0.15, -0.1) is 0 Å². The van der Waals surface area contributed by atoms with Crippen LogP contribution in [-0.2, 0) is 23.7 Å². The number of carbonyl (C=O) groups excluding carboxylic acids is 1. The van der Waals surface area contributed by atoms with E-state index in [1.54, 1.807) is 0 Å². The van der Waals surface area contributed by atoms with Crippen molar-refractivity contribution in [2.24, 2.45) is 5.92 Å². The molecular weight excluding hydrogens is 276 g/mol. The van der Waals surface area contributed by atoms with E-state index in [1.165, 1.54) is 0 Å². The molecule has 3 heterocycles. The van der Waals surface area contributed by atoms with Gasteiger partial charge in [-0.1, -0.05) is 19.8 Å². The van der Waals surface area contributed by atoms with Crippen molar-refractivity contribution in [3.8, 4) is 0 Å². The van der Waals surface area contributed by atoms with Crippen molar-refractivity contribution in [3.63, 3.8) is 0 Å². The Bertz CT molecular complexity index is 413. The molecule has 3 saturated heterocycles. The molecule has 21 heavy (non-hydrogen) atoms. The highest BCUT2D eigenvalue weighted by Crippen LogP contribution is 2.55. The van der Waals surface area contributed by atoms with Gasteiger partial charge < -0.3 is 24.1 Å². The normalized spacial score (nSPS) is 44.7. The number of carbonyl (C=O) groups is 1.